The van der Waals surface area contributed by atoms with Crippen LogP contribution in [0.15, 0.2) is 30.6 Å². The van der Waals surface area contributed by atoms with Crippen molar-refractivity contribution in [3.05, 3.63) is 36.2 Å². The summed E-state index contributed by atoms with van der Waals surface area (Å²) >= 11 is 0. The highest BCUT2D eigenvalue weighted by molar-refractivity contribution is 5.45. The molecule has 6 heteroatoms. The number of hydrogen-bond donors (Lipinski definition) is 2. The molecule has 1 aromatic carbocycles. The maximum Gasteiger partial charge on any atom is 0.231 e. The maximum atomic E-state index is 10.1. The maximum absolute atomic E-state index is 10.1. The number of hydrogen-bond acceptors (Lipinski definition) is 5. The second-order valence-electron chi connectivity index (χ2n) is 4.41. The second kappa shape index (κ2) is 4.81. The molecule has 0 radical (unpaired) electrons. The first-order chi connectivity index (χ1) is 9.22. The quantitative estimate of drug-likeness (QED) is 0.868. The molecule has 2 heterocycles. The van der Waals surface area contributed by atoms with E-state index in [0.29, 0.717) is 12.3 Å². The number of aryl methyl sites for hydroxylation is 1. The number of ether oxygens (including phenoxy) is 2. The Morgan fingerprint density at radius 1 is 1.42 bits per heavy atom. The zero-order valence-electron chi connectivity index (χ0n) is 10.5. The lowest BCUT2D eigenvalue weighted by molar-refractivity contribution is 0.173. The molecule has 1 aromatic heterocycles. The molecule has 100 valence electrons. The Morgan fingerprint density at radius 3 is 3.05 bits per heavy atom. The van der Waals surface area contributed by atoms with Crippen molar-refractivity contribution in [2.75, 3.05) is 18.7 Å². The first-order valence-corrected chi connectivity index (χ1v) is 6.02. The van der Waals surface area contributed by atoms with Gasteiger partial charge in [0, 0.05) is 19.8 Å². The summed E-state index contributed by atoms with van der Waals surface area (Å²) < 4.78 is 12.2. The third kappa shape index (κ3) is 2.48. The zero-order valence-corrected chi connectivity index (χ0v) is 10.5. The number of aliphatic hydroxyl groups is 1. The predicted molar refractivity (Wildman–Crippen MR) is 69.2 cm³/mol. The van der Waals surface area contributed by atoms with Crippen LogP contribution in [0.5, 0.6) is 11.5 Å². The largest absolute Gasteiger partial charge is 0.454 e. The van der Waals surface area contributed by atoms with Crippen molar-refractivity contribution in [2.45, 2.75) is 6.10 Å². The van der Waals surface area contributed by atoms with Crippen molar-refractivity contribution in [3.8, 4) is 11.5 Å². The van der Waals surface area contributed by atoms with Gasteiger partial charge in [0.1, 0.15) is 0 Å². The van der Waals surface area contributed by atoms with Crippen molar-refractivity contribution in [3.63, 3.8) is 0 Å². The molecule has 1 unspecified atom stereocenters. The molecule has 0 amide bonds. The highest BCUT2D eigenvalue weighted by Crippen LogP contribution is 2.34. The molecular formula is C13H15N3O3. The average Bonchev–Trinajstić information content (AvgIpc) is 3.03. The normalized spacial score (nSPS) is 14.4. The van der Waals surface area contributed by atoms with Gasteiger partial charge in [0.2, 0.25) is 6.79 Å². The smallest absolute Gasteiger partial charge is 0.231 e. The van der Waals surface area contributed by atoms with Crippen LogP contribution in [0.3, 0.4) is 0 Å². The Balaban J connectivity index is 1.65. The van der Waals surface area contributed by atoms with Crippen molar-refractivity contribution >= 4 is 5.69 Å². The van der Waals surface area contributed by atoms with Gasteiger partial charge >= 0.3 is 0 Å². The molecule has 0 saturated carbocycles. The second-order valence-corrected chi connectivity index (χ2v) is 4.41. The molecule has 1 aliphatic heterocycles. The fourth-order valence-electron chi connectivity index (χ4n) is 1.97. The van der Waals surface area contributed by atoms with E-state index >= 15 is 0 Å². The fourth-order valence-corrected chi connectivity index (χ4v) is 1.97. The minimum Gasteiger partial charge on any atom is -0.454 e. The van der Waals surface area contributed by atoms with E-state index < -0.39 is 6.10 Å². The number of aliphatic hydroxyl groups excluding tert-OH is 1. The summed E-state index contributed by atoms with van der Waals surface area (Å²) in [6, 6.07) is 5.45. The van der Waals surface area contributed by atoms with E-state index in [1.165, 1.54) is 0 Å². The fraction of sp³-hybridized carbons (Fsp3) is 0.308. The van der Waals surface area contributed by atoms with E-state index in [1.807, 2.05) is 25.4 Å². The van der Waals surface area contributed by atoms with Crippen LogP contribution in [0.4, 0.5) is 5.69 Å². The molecule has 0 spiro atoms. The van der Waals surface area contributed by atoms with E-state index in [9.17, 15) is 5.11 Å². The number of nitrogens with zero attached hydrogens (tertiary/aromatic N) is 2. The number of benzene rings is 1. The summed E-state index contributed by atoms with van der Waals surface area (Å²) in [5, 5.41) is 17.3. The van der Waals surface area contributed by atoms with Crippen LogP contribution in [0.1, 0.15) is 11.7 Å². The van der Waals surface area contributed by atoms with Gasteiger partial charge in [-0.15, -0.1) is 0 Å². The lowest BCUT2D eigenvalue weighted by atomic mass is 10.1. The summed E-state index contributed by atoms with van der Waals surface area (Å²) in [6.07, 6.45) is 2.95. The Labute approximate surface area is 110 Å². The molecule has 19 heavy (non-hydrogen) atoms. The highest BCUT2D eigenvalue weighted by atomic mass is 16.7. The van der Waals surface area contributed by atoms with Gasteiger partial charge in [0.25, 0.3) is 0 Å². The highest BCUT2D eigenvalue weighted by Gasteiger charge is 2.16. The third-order valence-corrected chi connectivity index (χ3v) is 2.99. The standard InChI is InChI=1S/C13H15N3O3/c1-16-7-10(5-15-16)14-6-11(17)9-2-3-12-13(4-9)19-8-18-12/h2-5,7,11,14,17H,6,8H2,1H3. The third-order valence-electron chi connectivity index (χ3n) is 2.99. The van der Waals surface area contributed by atoms with Crippen LogP contribution in [0.25, 0.3) is 0 Å². The van der Waals surface area contributed by atoms with Crippen molar-refractivity contribution < 1.29 is 14.6 Å². The Hall–Kier alpha value is -2.21. The monoisotopic (exact) mass is 261 g/mol. The number of anilines is 1. The van der Waals surface area contributed by atoms with Crippen LogP contribution in [-0.4, -0.2) is 28.2 Å². The van der Waals surface area contributed by atoms with Crippen molar-refractivity contribution in [1.82, 2.24) is 9.78 Å². The lowest BCUT2D eigenvalue weighted by Crippen LogP contribution is -2.11. The van der Waals surface area contributed by atoms with E-state index in [-0.39, 0.29) is 6.79 Å². The molecule has 0 bridgehead atoms. The van der Waals surface area contributed by atoms with E-state index in [2.05, 4.69) is 10.4 Å². The number of fused-ring (bicyclic) bond motifs is 1. The molecule has 2 N–H and O–H groups in total. The van der Waals surface area contributed by atoms with Gasteiger partial charge in [-0.25, -0.2) is 0 Å². The van der Waals surface area contributed by atoms with Crippen LogP contribution in [0, 0.1) is 0 Å². The number of rotatable bonds is 4. The van der Waals surface area contributed by atoms with Crippen molar-refractivity contribution in [1.29, 1.82) is 0 Å². The van der Waals surface area contributed by atoms with Gasteiger partial charge < -0.3 is 19.9 Å². The van der Waals surface area contributed by atoms with Gasteiger partial charge in [-0.2, -0.15) is 5.10 Å². The molecule has 0 saturated heterocycles. The summed E-state index contributed by atoms with van der Waals surface area (Å²) in [7, 11) is 1.85. The Kier molecular flexibility index (Phi) is 3.00. The van der Waals surface area contributed by atoms with E-state index in [4.69, 9.17) is 9.47 Å². The van der Waals surface area contributed by atoms with Crippen LogP contribution >= 0.6 is 0 Å². The van der Waals surface area contributed by atoms with Gasteiger partial charge in [-0.05, 0) is 17.7 Å². The zero-order chi connectivity index (χ0) is 13.2. The number of aromatic nitrogens is 2. The first-order valence-electron chi connectivity index (χ1n) is 6.02. The predicted octanol–water partition coefficient (Wildman–Crippen LogP) is 1.29. The average molecular weight is 261 g/mol. The molecule has 3 rings (SSSR count). The topological polar surface area (TPSA) is 68.5 Å². The SMILES string of the molecule is Cn1cc(NCC(O)c2ccc3c(c2)OCO3)cn1. The van der Waals surface area contributed by atoms with Crippen LogP contribution in [-0.2, 0) is 7.05 Å². The summed E-state index contributed by atoms with van der Waals surface area (Å²) in [4.78, 5) is 0. The number of nitrogens with one attached hydrogen (secondary N) is 1. The lowest BCUT2D eigenvalue weighted by Gasteiger charge is -2.12. The molecule has 0 fully saturated rings. The van der Waals surface area contributed by atoms with Gasteiger partial charge in [-0.3, -0.25) is 4.68 Å². The molecule has 2 aromatic rings. The van der Waals surface area contributed by atoms with Gasteiger partial charge in [-0.1, -0.05) is 6.07 Å². The van der Waals surface area contributed by atoms with E-state index in [0.717, 1.165) is 17.0 Å². The van der Waals surface area contributed by atoms with Gasteiger partial charge in [0.15, 0.2) is 11.5 Å². The minimum atomic E-state index is -0.616. The van der Waals surface area contributed by atoms with Gasteiger partial charge in [0.05, 0.1) is 18.0 Å². The summed E-state index contributed by atoms with van der Waals surface area (Å²) in [5.41, 5.74) is 1.67. The summed E-state index contributed by atoms with van der Waals surface area (Å²) in [5.74, 6) is 1.40. The Bertz CT molecular complexity index is 582. The van der Waals surface area contributed by atoms with Crippen molar-refractivity contribution in [2.24, 2.45) is 7.05 Å². The van der Waals surface area contributed by atoms with Crippen LogP contribution in [0.2, 0.25) is 0 Å². The summed E-state index contributed by atoms with van der Waals surface area (Å²) in [6.45, 7) is 0.647. The molecule has 0 aliphatic carbocycles. The van der Waals surface area contributed by atoms with Crippen LogP contribution < -0.4 is 14.8 Å². The molecule has 1 atom stereocenters. The van der Waals surface area contributed by atoms with E-state index in [1.54, 1.807) is 16.9 Å². The minimum absolute atomic E-state index is 0.239. The first kappa shape index (κ1) is 11.9. The molecular weight excluding hydrogens is 246 g/mol. The molecule has 1 aliphatic rings. The molecule has 6 nitrogen and oxygen atoms in total. The Morgan fingerprint density at radius 2 is 2.26 bits per heavy atom.